The lowest BCUT2D eigenvalue weighted by molar-refractivity contribution is -0.130. The van der Waals surface area contributed by atoms with Crippen LogP contribution in [0.5, 0.6) is 0 Å². The highest BCUT2D eigenvalue weighted by Gasteiger charge is 2.13. The number of carbonyl (C=O) groups excluding carboxylic acids is 1. The van der Waals surface area contributed by atoms with E-state index in [1.165, 1.54) is 0 Å². The Morgan fingerprint density at radius 3 is 2.57 bits per heavy atom. The monoisotopic (exact) mass is 240 g/mol. The molecule has 0 saturated heterocycles. The van der Waals surface area contributed by atoms with Gasteiger partial charge in [-0.2, -0.15) is 11.8 Å². The smallest absolute Gasteiger partial charge is 0.236 e. The van der Waals surface area contributed by atoms with Crippen molar-refractivity contribution in [3.63, 3.8) is 0 Å². The molecule has 0 rings (SSSR count). The maximum absolute atomic E-state index is 11.2. The fourth-order valence-electron chi connectivity index (χ4n) is 0.982. The number of thioether (sulfide) groups is 1. The van der Waals surface area contributed by atoms with Crippen molar-refractivity contribution in [1.29, 1.82) is 0 Å². The van der Waals surface area contributed by atoms with Crippen LogP contribution < -0.4 is 5.73 Å². The molecule has 0 bridgehead atoms. The lowest BCUT2D eigenvalue weighted by Gasteiger charge is -2.24. The van der Waals surface area contributed by atoms with Gasteiger partial charge in [0.25, 0.3) is 0 Å². The standard InChI is InChI=1S/C9H20N2OS.ClH/c1-4-13-6-5-8(2)11(3)9(12)7-10;/h8H,4-7,10H2,1-3H3;1H. The SMILES string of the molecule is CCSCCC(C)N(C)C(=O)CN.Cl. The van der Waals surface area contributed by atoms with Gasteiger partial charge in [-0.25, -0.2) is 0 Å². The van der Waals surface area contributed by atoms with Crippen LogP contribution in [0.1, 0.15) is 20.3 Å². The minimum Gasteiger partial charge on any atom is -0.342 e. The number of rotatable bonds is 6. The van der Waals surface area contributed by atoms with Crippen molar-refractivity contribution >= 4 is 30.1 Å². The number of hydrogen-bond donors (Lipinski definition) is 1. The van der Waals surface area contributed by atoms with E-state index in [1.807, 2.05) is 18.8 Å². The third kappa shape index (κ3) is 6.51. The Hall–Kier alpha value is 0.0700. The van der Waals surface area contributed by atoms with Crippen LogP contribution in [0.3, 0.4) is 0 Å². The molecule has 86 valence electrons. The second-order valence-electron chi connectivity index (χ2n) is 3.04. The summed E-state index contributed by atoms with van der Waals surface area (Å²) in [5.41, 5.74) is 5.27. The van der Waals surface area contributed by atoms with Gasteiger partial charge in [0, 0.05) is 13.1 Å². The zero-order valence-corrected chi connectivity index (χ0v) is 10.8. The maximum atomic E-state index is 11.2. The Morgan fingerprint density at radius 1 is 1.57 bits per heavy atom. The van der Waals surface area contributed by atoms with Crippen molar-refractivity contribution in [2.45, 2.75) is 26.3 Å². The van der Waals surface area contributed by atoms with Crippen LogP contribution in [0.2, 0.25) is 0 Å². The van der Waals surface area contributed by atoms with Gasteiger partial charge in [0.05, 0.1) is 6.54 Å². The zero-order chi connectivity index (χ0) is 10.3. The molecule has 0 aliphatic rings. The van der Waals surface area contributed by atoms with Gasteiger partial charge in [-0.3, -0.25) is 4.79 Å². The Labute approximate surface area is 97.2 Å². The zero-order valence-electron chi connectivity index (χ0n) is 9.16. The minimum atomic E-state index is 0. The van der Waals surface area contributed by atoms with Gasteiger partial charge in [0.2, 0.25) is 5.91 Å². The average Bonchev–Trinajstić information content (AvgIpc) is 2.15. The predicted molar refractivity (Wildman–Crippen MR) is 66.2 cm³/mol. The van der Waals surface area contributed by atoms with Gasteiger partial charge in [-0.15, -0.1) is 12.4 Å². The molecule has 0 aromatic rings. The second kappa shape index (κ2) is 9.62. The van der Waals surface area contributed by atoms with E-state index < -0.39 is 0 Å². The number of nitrogens with two attached hydrogens (primary N) is 1. The van der Waals surface area contributed by atoms with E-state index in [-0.39, 0.29) is 24.9 Å². The molecule has 0 aromatic carbocycles. The molecule has 3 nitrogen and oxygen atoms in total. The Bertz CT molecular complexity index is 158. The third-order valence-electron chi connectivity index (χ3n) is 2.11. The van der Waals surface area contributed by atoms with Gasteiger partial charge in [-0.1, -0.05) is 6.92 Å². The van der Waals surface area contributed by atoms with E-state index in [0.717, 1.165) is 17.9 Å². The summed E-state index contributed by atoms with van der Waals surface area (Å²) in [5.74, 6) is 2.27. The first kappa shape index (κ1) is 16.5. The first-order chi connectivity index (χ1) is 6.13. The number of carbonyl (C=O) groups is 1. The molecule has 2 N–H and O–H groups in total. The summed E-state index contributed by atoms with van der Waals surface area (Å²) < 4.78 is 0. The van der Waals surface area contributed by atoms with E-state index in [4.69, 9.17) is 5.73 Å². The van der Waals surface area contributed by atoms with E-state index in [9.17, 15) is 4.79 Å². The highest BCUT2D eigenvalue weighted by Crippen LogP contribution is 2.07. The van der Waals surface area contributed by atoms with Crippen LogP contribution in [0, 0.1) is 0 Å². The van der Waals surface area contributed by atoms with Gasteiger partial charge < -0.3 is 10.6 Å². The molecule has 5 heteroatoms. The Morgan fingerprint density at radius 2 is 2.14 bits per heavy atom. The summed E-state index contributed by atoms with van der Waals surface area (Å²) in [6, 6.07) is 0.301. The highest BCUT2D eigenvalue weighted by atomic mass is 35.5. The molecule has 1 unspecified atom stereocenters. The van der Waals surface area contributed by atoms with Crippen molar-refractivity contribution < 1.29 is 4.79 Å². The molecular weight excluding hydrogens is 220 g/mol. The average molecular weight is 241 g/mol. The fraction of sp³-hybridized carbons (Fsp3) is 0.889. The molecule has 0 spiro atoms. The van der Waals surface area contributed by atoms with E-state index >= 15 is 0 Å². The molecule has 0 aliphatic heterocycles. The first-order valence-electron chi connectivity index (χ1n) is 4.67. The Balaban J connectivity index is 0. The van der Waals surface area contributed by atoms with E-state index in [2.05, 4.69) is 13.8 Å². The van der Waals surface area contributed by atoms with E-state index in [1.54, 1.807) is 4.90 Å². The van der Waals surface area contributed by atoms with Gasteiger partial charge in [-0.05, 0) is 24.9 Å². The van der Waals surface area contributed by atoms with Crippen LogP contribution in [0.4, 0.5) is 0 Å². The van der Waals surface area contributed by atoms with Crippen molar-refractivity contribution in [3.05, 3.63) is 0 Å². The van der Waals surface area contributed by atoms with Crippen molar-refractivity contribution in [2.24, 2.45) is 5.73 Å². The van der Waals surface area contributed by atoms with Crippen molar-refractivity contribution in [2.75, 3.05) is 25.1 Å². The lowest BCUT2D eigenvalue weighted by atomic mass is 10.2. The lowest BCUT2D eigenvalue weighted by Crippen LogP contribution is -2.39. The summed E-state index contributed by atoms with van der Waals surface area (Å²) in [6.45, 7) is 4.32. The van der Waals surface area contributed by atoms with Crippen molar-refractivity contribution in [1.82, 2.24) is 4.90 Å². The highest BCUT2D eigenvalue weighted by molar-refractivity contribution is 7.99. The third-order valence-corrected chi connectivity index (χ3v) is 3.05. The summed E-state index contributed by atoms with van der Waals surface area (Å²) in [4.78, 5) is 12.9. The van der Waals surface area contributed by atoms with Gasteiger partial charge >= 0.3 is 0 Å². The molecule has 0 saturated carbocycles. The quantitative estimate of drug-likeness (QED) is 0.714. The summed E-state index contributed by atoms with van der Waals surface area (Å²) in [6.07, 6.45) is 1.04. The molecule has 0 heterocycles. The molecular formula is C9H21ClN2OS. The molecule has 0 fully saturated rings. The number of nitrogens with zero attached hydrogens (tertiary/aromatic N) is 1. The summed E-state index contributed by atoms with van der Waals surface area (Å²) in [5, 5.41) is 0. The molecule has 14 heavy (non-hydrogen) atoms. The van der Waals surface area contributed by atoms with Gasteiger partial charge in [0.1, 0.15) is 0 Å². The van der Waals surface area contributed by atoms with Crippen LogP contribution in [0.15, 0.2) is 0 Å². The molecule has 1 amide bonds. The topological polar surface area (TPSA) is 46.3 Å². The van der Waals surface area contributed by atoms with Crippen LogP contribution >= 0.6 is 24.2 Å². The van der Waals surface area contributed by atoms with Crippen LogP contribution in [-0.2, 0) is 4.79 Å². The second-order valence-corrected chi connectivity index (χ2v) is 4.44. The molecule has 0 radical (unpaired) electrons. The largest absolute Gasteiger partial charge is 0.342 e. The fourth-order valence-corrected chi connectivity index (χ4v) is 1.78. The normalized spacial score (nSPS) is 11.7. The number of likely N-dealkylation sites (N-methyl/N-ethyl adjacent to an activating group) is 1. The minimum absolute atomic E-state index is 0. The van der Waals surface area contributed by atoms with E-state index in [0.29, 0.717) is 6.04 Å². The van der Waals surface area contributed by atoms with Crippen LogP contribution in [0.25, 0.3) is 0 Å². The number of halogens is 1. The molecule has 0 aliphatic carbocycles. The van der Waals surface area contributed by atoms with Crippen molar-refractivity contribution in [3.8, 4) is 0 Å². The number of amides is 1. The maximum Gasteiger partial charge on any atom is 0.236 e. The summed E-state index contributed by atoms with van der Waals surface area (Å²) in [7, 11) is 1.82. The Kier molecular flexibility index (Phi) is 11.3. The molecule has 1 atom stereocenters. The molecule has 0 aromatic heterocycles. The number of hydrogen-bond acceptors (Lipinski definition) is 3. The summed E-state index contributed by atoms with van der Waals surface area (Å²) >= 11 is 1.90. The first-order valence-corrected chi connectivity index (χ1v) is 5.82. The van der Waals surface area contributed by atoms with Crippen LogP contribution in [-0.4, -0.2) is 41.9 Å². The van der Waals surface area contributed by atoms with Gasteiger partial charge in [0.15, 0.2) is 0 Å². The predicted octanol–water partition coefficient (Wildman–Crippen LogP) is 1.36.